The highest BCUT2D eigenvalue weighted by atomic mass is 16.3. The summed E-state index contributed by atoms with van der Waals surface area (Å²) >= 11 is 0. The zero-order valence-corrected chi connectivity index (χ0v) is 14.2. The van der Waals surface area contributed by atoms with E-state index in [1.54, 1.807) is 5.57 Å². The SMILES string of the molecule is C#C[C@]1(O)CCC2C3C(=C4CCC(=O)C=C4C[C@H]3C)CC[C@@]21C. The van der Waals surface area contributed by atoms with Crippen LogP contribution in [0.1, 0.15) is 58.8 Å². The number of terminal acetylenes is 1. The molecule has 0 aromatic rings. The molecule has 23 heavy (non-hydrogen) atoms. The molecule has 0 heterocycles. The lowest BCUT2D eigenvalue weighted by Gasteiger charge is -2.52. The molecule has 4 rings (SSSR count). The van der Waals surface area contributed by atoms with Gasteiger partial charge in [0.25, 0.3) is 0 Å². The molecule has 1 N–H and O–H groups in total. The number of fused-ring (bicyclic) bond motifs is 4. The Morgan fingerprint density at radius 2 is 2.09 bits per heavy atom. The topological polar surface area (TPSA) is 37.3 Å². The van der Waals surface area contributed by atoms with Crippen LogP contribution in [0.15, 0.2) is 22.8 Å². The number of allylic oxidation sites excluding steroid dienone is 4. The number of ketones is 1. The molecule has 4 aliphatic rings. The molecule has 2 nitrogen and oxygen atoms in total. The Hall–Kier alpha value is -1.33. The van der Waals surface area contributed by atoms with E-state index in [-0.39, 0.29) is 5.41 Å². The molecule has 2 saturated carbocycles. The number of aliphatic hydroxyl groups is 1. The van der Waals surface area contributed by atoms with Crippen molar-refractivity contribution in [3.8, 4) is 12.3 Å². The molecule has 2 heteroatoms. The first kappa shape index (κ1) is 15.2. The van der Waals surface area contributed by atoms with Gasteiger partial charge in [-0.1, -0.05) is 25.3 Å². The van der Waals surface area contributed by atoms with Gasteiger partial charge in [-0.2, -0.15) is 0 Å². The second kappa shape index (κ2) is 4.84. The third-order valence-electron chi connectivity index (χ3n) is 7.46. The van der Waals surface area contributed by atoms with E-state index in [0.29, 0.717) is 30.0 Å². The molecule has 0 aliphatic heterocycles. The standard InChI is InChI=1S/C21H26O2/c1-4-21(23)10-8-18-19-13(2)11-14-12-15(22)5-6-16(14)17(19)7-9-20(18,21)3/h1,12-13,18-19,23H,5-11H2,2-3H3/t13-,18?,19?,20+,21+/m1/s1. The summed E-state index contributed by atoms with van der Waals surface area (Å²) in [5.41, 5.74) is 3.27. The maximum atomic E-state index is 11.8. The van der Waals surface area contributed by atoms with Crippen molar-refractivity contribution in [2.24, 2.45) is 23.2 Å². The molecule has 5 atom stereocenters. The highest BCUT2D eigenvalue weighted by molar-refractivity contribution is 5.93. The van der Waals surface area contributed by atoms with Crippen LogP contribution in [-0.2, 0) is 4.79 Å². The largest absolute Gasteiger partial charge is 0.377 e. The molecule has 0 bridgehead atoms. The van der Waals surface area contributed by atoms with Gasteiger partial charge < -0.3 is 5.11 Å². The van der Waals surface area contributed by atoms with Crippen molar-refractivity contribution in [3.05, 3.63) is 22.8 Å². The maximum Gasteiger partial charge on any atom is 0.156 e. The number of carbonyl (C=O) groups excluding carboxylic acids is 1. The maximum absolute atomic E-state index is 11.8. The number of hydrogen-bond donors (Lipinski definition) is 1. The molecule has 122 valence electrons. The predicted molar refractivity (Wildman–Crippen MR) is 90.5 cm³/mol. The average Bonchev–Trinajstić information content (AvgIpc) is 2.79. The summed E-state index contributed by atoms with van der Waals surface area (Å²) < 4.78 is 0. The quantitative estimate of drug-likeness (QED) is 0.691. The van der Waals surface area contributed by atoms with E-state index < -0.39 is 5.60 Å². The van der Waals surface area contributed by atoms with Crippen molar-refractivity contribution in [2.45, 2.75) is 64.4 Å². The number of hydrogen-bond acceptors (Lipinski definition) is 2. The minimum absolute atomic E-state index is 0.156. The van der Waals surface area contributed by atoms with Gasteiger partial charge >= 0.3 is 0 Å². The first-order valence-corrected chi connectivity index (χ1v) is 9.05. The van der Waals surface area contributed by atoms with E-state index in [9.17, 15) is 9.90 Å². The highest BCUT2D eigenvalue weighted by Crippen LogP contribution is 2.64. The normalized spacial score (nSPS) is 45.7. The highest BCUT2D eigenvalue weighted by Gasteiger charge is 2.61. The van der Waals surface area contributed by atoms with Gasteiger partial charge in [0.05, 0.1) is 0 Å². The monoisotopic (exact) mass is 310 g/mol. The Bertz CT molecular complexity index is 676. The molecular weight excluding hydrogens is 284 g/mol. The van der Waals surface area contributed by atoms with E-state index in [0.717, 1.165) is 38.5 Å². The fourth-order valence-electron chi connectivity index (χ4n) is 6.16. The van der Waals surface area contributed by atoms with Gasteiger partial charge in [0.2, 0.25) is 0 Å². The van der Waals surface area contributed by atoms with E-state index in [1.165, 1.54) is 11.1 Å². The van der Waals surface area contributed by atoms with Crippen LogP contribution < -0.4 is 0 Å². The Labute approximate surface area is 139 Å². The minimum atomic E-state index is -0.938. The predicted octanol–water partition coefficient (Wildman–Crippen LogP) is 3.80. The number of rotatable bonds is 0. The van der Waals surface area contributed by atoms with Gasteiger partial charge in [0.1, 0.15) is 5.60 Å². The van der Waals surface area contributed by atoms with E-state index in [4.69, 9.17) is 6.42 Å². The van der Waals surface area contributed by atoms with Gasteiger partial charge in [-0.25, -0.2) is 0 Å². The molecule has 2 unspecified atom stereocenters. The van der Waals surface area contributed by atoms with Gasteiger partial charge in [0.15, 0.2) is 5.78 Å². The van der Waals surface area contributed by atoms with E-state index >= 15 is 0 Å². The molecule has 0 saturated heterocycles. The summed E-state index contributed by atoms with van der Waals surface area (Å²) in [5, 5.41) is 11.0. The van der Waals surface area contributed by atoms with E-state index in [1.807, 2.05) is 6.08 Å². The van der Waals surface area contributed by atoms with Crippen LogP contribution in [-0.4, -0.2) is 16.5 Å². The lowest BCUT2D eigenvalue weighted by Crippen LogP contribution is -2.50. The van der Waals surface area contributed by atoms with Crippen LogP contribution in [0.2, 0.25) is 0 Å². The Kier molecular flexibility index (Phi) is 3.20. The lowest BCUT2D eigenvalue weighted by atomic mass is 9.53. The second-order valence-electron chi connectivity index (χ2n) is 8.41. The molecule has 0 amide bonds. The first-order chi connectivity index (χ1) is 10.9. The average molecular weight is 310 g/mol. The van der Waals surface area contributed by atoms with Crippen LogP contribution >= 0.6 is 0 Å². The second-order valence-corrected chi connectivity index (χ2v) is 8.41. The molecule has 4 aliphatic carbocycles. The van der Waals surface area contributed by atoms with E-state index in [2.05, 4.69) is 19.8 Å². The summed E-state index contributed by atoms with van der Waals surface area (Å²) in [4.78, 5) is 11.8. The van der Waals surface area contributed by atoms with Crippen molar-refractivity contribution >= 4 is 5.78 Å². The van der Waals surface area contributed by atoms with Gasteiger partial charge in [-0.3, -0.25) is 4.79 Å². The summed E-state index contributed by atoms with van der Waals surface area (Å²) in [7, 11) is 0. The fraction of sp³-hybridized carbons (Fsp3) is 0.667. The van der Waals surface area contributed by atoms with Crippen molar-refractivity contribution in [1.82, 2.24) is 0 Å². The van der Waals surface area contributed by atoms with Crippen molar-refractivity contribution in [3.63, 3.8) is 0 Å². The van der Waals surface area contributed by atoms with Crippen LogP contribution in [0, 0.1) is 35.5 Å². The van der Waals surface area contributed by atoms with Crippen LogP contribution in [0.3, 0.4) is 0 Å². The number of carbonyl (C=O) groups is 1. The molecule has 0 aromatic carbocycles. The Balaban J connectivity index is 1.80. The summed E-state index contributed by atoms with van der Waals surface area (Å²) in [6.45, 7) is 4.54. The minimum Gasteiger partial charge on any atom is -0.377 e. The van der Waals surface area contributed by atoms with Crippen molar-refractivity contribution < 1.29 is 9.90 Å². The zero-order valence-electron chi connectivity index (χ0n) is 14.2. The Morgan fingerprint density at radius 1 is 1.30 bits per heavy atom. The van der Waals surface area contributed by atoms with Crippen LogP contribution in [0.5, 0.6) is 0 Å². The van der Waals surface area contributed by atoms with Crippen LogP contribution in [0.4, 0.5) is 0 Å². The summed E-state index contributed by atoms with van der Waals surface area (Å²) in [6.07, 6.45) is 14.0. The Morgan fingerprint density at radius 3 is 2.83 bits per heavy atom. The third kappa shape index (κ3) is 1.89. The third-order valence-corrected chi connectivity index (χ3v) is 7.46. The van der Waals surface area contributed by atoms with Crippen molar-refractivity contribution in [1.29, 1.82) is 0 Å². The summed E-state index contributed by atoms with van der Waals surface area (Å²) in [5.74, 6) is 4.58. The first-order valence-electron chi connectivity index (χ1n) is 9.05. The molecule has 0 aromatic heterocycles. The zero-order chi connectivity index (χ0) is 16.4. The molecule has 0 radical (unpaired) electrons. The molecular formula is C21H26O2. The van der Waals surface area contributed by atoms with Crippen molar-refractivity contribution in [2.75, 3.05) is 0 Å². The van der Waals surface area contributed by atoms with Gasteiger partial charge in [-0.05, 0) is 73.5 Å². The summed E-state index contributed by atoms with van der Waals surface area (Å²) in [6, 6.07) is 0. The fourth-order valence-corrected chi connectivity index (χ4v) is 6.16. The lowest BCUT2D eigenvalue weighted by molar-refractivity contribution is -0.114. The van der Waals surface area contributed by atoms with Gasteiger partial charge in [0, 0.05) is 11.8 Å². The van der Waals surface area contributed by atoms with Crippen LogP contribution in [0.25, 0.3) is 0 Å². The smallest absolute Gasteiger partial charge is 0.156 e. The molecule has 0 spiro atoms. The van der Waals surface area contributed by atoms with Gasteiger partial charge in [-0.15, -0.1) is 6.42 Å². The molecule has 2 fully saturated rings.